The number of rotatable bonds is 4. The van der Waals surface area contributed by atoms with Crippen LogP contribution in [0.5, 0.6) is 0 Å². The zero-order valence-corrected chi connectivity index (χ0v) is 12.7. The maximum Gasteiger partial charge on any atom is 0.341 e. The summed E-state index contributed by atoms with van der Waals surface area (Å²) in [5.41, 5.74) is 0.410. The van der Waals surface area contributed by atoms with E-state index < -0.39 is 12.1 Å². The molecule has 0 bridgehead atoms. The molecular formula is C14H19NO4S. The lowest BCUT2D eigenvalue weighted by Gasteiger charge is -2.11. The third-order valence-electron chi connectivity index (χ3n) is 2.88. The van der Waals surface area contributed by atoms with E-state index in [0.29, 0.717) is 17.2 Å². The van der Waals surface area contributed by atoms with Gasteiger partial charge in [0.2, 0.25) is 0 Å². The summed E-state index contributed by atoms with van der Waals surface area (Å²) in [5, 5.41) is 3.32. The lowest BCUT2D eigenvalue weighted by molar-refractivity contribution is -0.124. The number of ether oxygens (including phenoxy) is 2. The number of hydrogen-bond donors (Lipinski definition) is 1. The summed E-state index contributed by atoms with van der Waals surface area (Å²) in [6, 6.07) is 1.74. The summed E-state index contributed by atoms with van der Waals surface area (Å²) in [6.45, 7) is 6.09. The van der Waals surface area contributed by atoms with Gasteiger partial charge in [-0.25, -0.2) is 4.79 Å². The first-order valence-corrected chi connectivity index (χ1v) is 7.53. The highest BCUT2D eigenvalue weighted by atomic mass is 32.1. The third kappa shape index (κ3) is 3.58. The molecule has 1 N–H and O–H groups in total. The monoisotopic (exact) mass is 297 g/mol. The van der Waals surface area contributed by atoms with Crippen molar-refractivity contribution >= 4 is 28.2 Å². The molecule has 2 rings (SSSR count). The van der Waals surface area contributed by atoms with Crippen molar-refractivity contribution in [2.75, 3.05) is 11.9 Å². The summed E-state index contributed by atoms with van der Waals surface area (Å²) in [6.07, 6.45) is 1.02. The van der Waals surface area contributed by atoms with Crippen LogP contribution in [0.4, 0.5) is 5.00 Å². The van der Waals surface area contributed by atoms with Gasteiger partial charge in [0.1, 0.15) is 11.1 Å². The Kier molecular flexibility index (Phi) is 4.77. The predicted octanol–water partition coefficient (Wildman–Crippen LogP) is 2.74. The first-order valence-electron chi connectivity index (χ1n) is 6.71. The molecule has 0 saturated carbocycles. The Balaban J connectivity index is 2.10. The highest BCUT2D eigenvalue weighted by Crippen LogP contribution is 2.29. The van der Waals surface area contributed by atoms with Crippen molar-refractivity contribution in [2.24, 2.45) is 0 Å². The minimum Gasteiger partial charge on any atom is -0.459 e. The van der Waals surface area contributed by atoms with Crippen LogP contribution in [0, 0.1) is 6.92 Å². The van der Waals surface area contributed by atoms with Crippen molar-refractivity contribution in [1.29, 1.82) is 0 Å². The molecule has 6 heteroatoms. The van der Waals surface area contributed by atoms with Crippen molar-refractivity contribution in [2.45, 2.75) is 45.8 Å². The van der Waals surface area contributed by atoms with Crippen LogP contribution in [0.1, 0.15) is 41.9 Å². The van der Waals surface area contributed by atoms with Gasteiger partial charge in [-0.1, -0.05) is 0 Å². The first-order chi connectivity index (χ1) is 9.47. The molecule has 1 aliphatic rings. The molecule has 1 amide bonds. The summed E-state index contributed by atoms with van der Waals surface area (Å²) in [5.74, 6) is -0.602. The van der Waals surface area contributed by atoms with Crippen LogP contribution in [0.2, 0.25) is 0 Å². The molecule has 0 radical (unpaired) electrons. The highest BCUT2D eigenvalue weighted by Gasteiger charge is 2.26. The average Bonchev–Trinajstić information content (AvgIpc) is 2.97. The number of carbonyl (C=O) groups excluding carboxylic acids is 2. The molecule has 1 unspecified atom stereocenters. The van der Waals surface area contributed by atoms with Crippen molar-refractivity contribution in [1.82, 2.24) is 0 Å². The fourth-order valence-electron chi connectivity index (χ4n) is 2.01. The van der Waals surface area contributed by atoms with E-state index in [-0.39, 0.29) is 12.0 Å². The van der Waals surface area contributed by atoms with E-state index in [1.807, 2.05) is 6.92 Å². The van der Waals surface area contributed by atoms with Gasteiger partial charge in [-0.3, -0.25) is 4.79 Å². The second-order valence-electron chi connectivity index (χ2n) is 5.04. The number of thiophene rings is 1. The molecule has 0 aliphatic carbocycles. The molecule has 1 aliphatic heterocycles. The molecule has 20 heavy (non-hydrogen) atoms. The van der Waals surface area contributed by atoms with Gasteiger partial charge in [-0.05, 0) is 39.7 Å². The predicted molar refractivity (Wildman–Crippen MR) is 77.2 cm³/mol. The van der Waals surface area contributed by atoms with Gasteiger partial charge >= 0.3 is 5.97 Å². The van der Waals surface area contributed by atoms with Gasteiger partial charge in [-0.15, -0.1) is 11.3 Å². The Bertz CT molecular complexity index is 503. The van der Waals surface area contributed by atoms with Gasteiger partial charge < -0.3 is 14.8 Å². The fourth-order valence-corrected chi connectivity index (χ4v) is 2.92. The van der Waals surface area contributed by atoms with E-state index in [9.17, 15) is 9.59 Å². The Labute approximate surface area is 122 Å². The van der Waals surface area contributed by atoms with Gasteiger partial charge in [0.15, 0.2) is 0 Å². The zero-order valence-electron chi connectivity index (χ0n) is 11.9. The molecule has 1 atom stereocenters. The summed E-state index contributed by atoms with van der Waals surface area (Å²) in [4.78, 5) is 25.0. The number of amides is 1. The standard InChI is InChI=1S/C14H19NO4S/c1-8(2)19-14(17)10-7-9(3)20-13(10)15-12(16)11-5-4-6-18-11/h7-8,11H,4-6H2,1-3H3,(H,15,16). The molecule has 2 heterocycles. The first kappa shape index (κ1) is 15.0. The maximum absolute atomic E-state index is 12.0. The number of aryl methyl sites for hydroxylation is 1. The quantitative estimate of drug-likeness (QED) is 0.868. The number of nitrogens with one attached hydrogen (secondary N) is 1. The van der Waals surface area contributed by atoms with Crippen LogP contribution in [-0.2, 0) is 14.3 Å². The molecule has 1 aromatic rings. The van der Waals surface area contributed by atoms with E-state index in [2.05, 4.69) is 5.32 Å². The van der Waals surface area contributed by atoms with Gasteiger partial charge in [0.25, 0.3) is 5.91 Å². The van der Waals surface area contributed by atoms with E-state index in [1.54, 1.807) is 19.9 Å². The molecule has 0 spiro atoms. The topological polar surface area (TPSA) is 64.6 Å². The van der Waals surface area contributed by atoms with E-state index >= 15 is 0 Å². The molecule has 0 aromatic carbocycles. The van der Waals surface area contributed by atoms with Crippen LogP contribution < -0.4 is 5.32 Å². The lowest BCUT2D eigenvalue weighted by Crippen LogP contribution is -2.27. The van der Waals surface area contributed by atoms with Crippen molar-refractivity contribution in [3.63, 3.8) is 0 Å². The summed E-state index contributed by atoms with van der Waals surface area (Å²) >= 11 is 1.37. The Hall–Kier alpha value is -1.40. The Morgan fingerprint density at radius 2 is 2.25 bits per heavy atom. The lowest BCUT2D eigenvalue weighted by atomic mass is 10.2. The fraction of sp³-hybridized carbons (Fsp3) is 0.571. The second kappa shape index (κ2) is 6.37. The number of hydrogen-bond acceptors (Lipinski definition) is 5. The van der Waals surface area contributed by atoms with Crippen molar-refractivity contribution in [3.8, 4) is 0 Å². The number of carbonyl (C=O) groups is 2. The summed E-state index contributed by atoms with van der Waals surface area (Å²) in [7, 11) is 0. The van der Waals surface area contributed by atoms with Crippen LogP contribution in [0.3, 0.4) is 0 Å². The second-order valence-corrected chi connectivity index (χ2v) is 6.30. The van der Waals surface area contributed by atoms with Crippen LogP contribution in [-0.4, -0.2) is 30.7 Å². The zero-order chi connectivity index (χ0) is 14.7. The maximum atomic E-state index is 12.0. The normalized spacial score (nSPS) is 18.3. The largest absolute Gasteiger partial charge is 0.459 e. The Morgan fingerprint density at radius 1 is 1.50 bits per heavy atom. The van der Waals surface area contributed by atoms with E-state index in [0.717, 1.165) is 17.7 Å². The molecular weight excluding hydrogens is 278 g/mol. The SMILES string of the molecule is Cc1cc(C(=O)OC(C)C)c(NC(=O)C2CCCO2)s1. The van der Waals surface area contributed by atoms with Crippen molar-refractivity contribution in [3.05, 3.63) is 16.5 Å². The van der Waals surface area contributed by atoms with Gasteiger partial charge in [-0.2, -0.15) is 0 Å². The summed E-state index contributed by atoms with van der Waals surface area (Å²) < 4.78 is 10.5. The van der Waals surface area contributed by atoms with Crippen LogP contribution in [0.15, 0.2) is 6.07 Å². The number of esters is 1. The minimum absolute atomic E-state index is 0.190. The molecule has 5 nitrogen and oxygen atoms in total. The molecule has 110 valence electrons. The molecule has 1 saturated heterocycles. The number of anilines is 1. The van der Waals surface area contributed by atoms with Gasteiger partial charge in [0, 0.05) is 11.5 Å². The minimum atomic E-state index is -0.411. The third-order valence-corrected chi connectivity index (χ3v) is 3.84. The van der Waals surface area contributed by atoms with Crippen LogP contribution in [0.25, 0.3) is 0 Å². The van der Waals surface area contributed by atoms with E-state index in [4.69, 9.17) is 9.47 Å². The average molecular weight is 297 g/mol. The van der Waals surface area contributed by atoms with E-state index in [1.165, 1.54) is 11.3 Å². The van der Waals surface area contributed by atoms with Crippen LogP contribution >= 0.6 is 11.3 Å². The van der Waals surface area contributed by atoms with Gasteiger partial charge in [0.05, 0.1) is 11.7 Å². The van der Waals surface area contributed by atoms with Crippen molar-refractivity contribution < 1.29 is 19.1 Å². The highest BCUT2D eigenvalue weighted by molar-refractivity contribution is 7.16. The molecule has 1 fully saturated rings. The smallest absolute Gasteiger partial charge is 0.341 e. The Morgan fingerprint density at radius 3 is 2.85 bits per heavy atom. The molecule has 1 aromatic heterocycles.